The normalized spacial score (nSPS) is 17.3. The Morgan fingerprint density at radius 2 is 1.72 bits per heavy atom. The van der Waals surface area contributed by atoms with Crippen molar-refractivity contribution < 1.29 is 23.0 Å². The summed E-state index contributed by atoms with van der Waals surface area (Å²) in [6.45, 7) is 2.52. The maximum Gasteiger partial charge on any atom is 0.245 e. The highest BCUT2D eigenvalue weighted by atomic mass is 32.2. The lowest BCUT2D eigenvalue weighted by atomic mass is 10.1. The Kier molecular flexibility index (Phi) is 8.18. The molecule has 1 unspecified atom stereocenters. The van der Waals surface area contributed by atoms with Gasteiger partial charge in [-0.2, -0.15) is 4.31 Å². The molecule has 1 aliphatic heterocycles. The van der Waals surface area contributed by atoms with Crippen molar-refractivity contribution >= 4 is 21.4 Å². The van der Waals surface area contributed by atoms with E-state index in [1.807, 2.05) is 54.6 Å². The molecule has 36 heavy (non-hydrogen) atoms. The third-order valence-electron chi connectivity index (χ3n) is 6.67. The molecule has 0 saturated carbocycles. The average Bonchev–Trinajstić information content (AvgIpc) is 3.00. The second-order valence-corrected chi connectivity index (χ2v) is 10.8. The Balaban J connectivity index is 1.90. The number of fused-ring (bicyclic) bond motifs is 1. The van der Waals surface area contributed by atoms with Gasteiger partial charge in [0.05, 0.1) is 26.5 Å². The fraction of sp³-hybridized carbons (Fsp3) is 0.357. The molecule has 1 N–H and O–H groups in total. The van der Waals surface area contributed by atoms with E-state index in [1.165, 1.54) is 7.11 Å². The fourth-order valence-electron chi connectivity index (χ4n) is 4.70. The van der Waals surface area contributed by atoms with Gasteiger partial charge in [0.2, 0.25) is 10.0 Å². The van der Waals surface area contributed by atoms with Crippen LogP contribution in [0.15, 0.2) is 71.6 Å². The molecular formula is C28H34N2O5S. The van der Waals surface area contributed by atoms with Gasteiger partial charge in [-0.05, 0) is 42.3 Å². The topological polar surface area (TPSA) is 79.3 Å². The smallest absolute Gasteiger partial charge is 0.245 e. The van der Waals surface area contributed by atoms with Gasteiger partial charge >= 0.3 is 0 Å². The van der Waals surface area contributed by atoms with Gasteiger partial charge < -0.3 is 19.5 Å². The largest absolute Gasteiger partial charge is 0.497 e. The zero-order valence-electron chi connectivity index (χ0n) is 21.1. The van der Waals surface area contributed by atoms with Crippen LogP contribution < -0.4 is 14.4 Å². The highest BCUT2D eigenvalue weighted by molar-refractivity contribution is 7.89. The van der Waals surface area contributed by atoms with Crippen molar-refractivity contribution in [1.29, 1.82) is 0 Å². The van der Waals surface area contributed by atoms with E-state index in [0.717, 1.165) is 36.3 Å². The number of aliphatic hydroxyl groups excluding tert-OH is 1. The summed E-state index contributed by atoms with van der Waals surface area (Å²) in [6.07, 6.45) is 2.60. The number of unbranched alkanes of at least 4 members (excludes halogenated alkanes) is 1. The molecule has 192 valence electrons. The number of nitrogens with zero attached hydrogens (tertiary/aromatic N) is 2. The fourth-order valence-corrected chi connectivity index (χ4v) is 6.56. The van der Waals surface area contributed by atoms with E-state index in [4.69, 9.17) is 9.47 Å². The van der Waals surface area contributed by atoms with Crippen molar-refractivity contribution in [3.05, 3.63) is 77.9 Å². The molecule has 1 aliphatic rings. The number of rotatable bonds is 9. The lowest BCUT2D eigenvalue weighted by Gasteiger charge is -2.31. The minimum Gasteiger partial charge on any atom is -0.497 e. The first kappa shape index (κ1) is 26.0. The van der Waals surface area contributed by atoms with E-state index in [2.05, 4.69) is 11.8 Å². The molecule has 1 heterocycles. The Hall–Kier alpha value is -3.07. The van der Waals surface area contributed by atoms with Crippen molar-refractivity contribution in [2.24, 2.45) is 0 Å². The van der Waals surface area contributed by atoms with Gasteiger partial charge in [-0.1, -0.05) is 50.1 Å². The van der Waals surface area contributed by atoms with Crippen molar-refractivity contribution in [3.8, 4) is 11.5 Å². The molecule has 0 spiro atoms. The van der Waals surface area contributed by atoms with E-state index < -0.39 is 10.0 Å². The summed E-state index contributed by atoms with van der Waals surface area (Å²) in [5.41, 5.74) is 2.77. The second-order valence-electron chi connectivity index (χ2n) is 8.93. The number of hydrogen-bond acceptors (Lipinski definition) is 6. The monoisotopic (exact) mass is 510 g/mol. The van der Waals surface area contributed by atoms with Crippen LogP contribution in [0.4, 0.5) is 11.4 Å². The summed E-state index contributed by atoms with van der Waals surface area (Å²) >= 11 is 0. The highest BCUT2D eigenvalue weighted by Crippen LogP contribution is 2.42. The molecule has 0 aromatic heterocycles. The third kappa shape index (κ3) is 5.21. The molecule has 3 aromatic rings. The lowest BCUT2D eigenvalue weighted by molar-refractivity contribution is 0.273. The van der Waals surface area contributed by atoms with Gasteiger partial charge in [0.1, 0.15) is 16.4 Å². The van der Waals surface area contributed by atoms with Gasteiger partial charge in [0.25, 0.3) is 0 Å². The Bertz CT molecular complexity index is 1260. The predicted octanol–water partition coefficient (Wildman–Crippen LogP) is 5.10. The number of benzene rings is 3. The second kappa shape index (κ2) is 11.3. The molecule has 8 heteroatoms. The predicted molar refractivity (Wildman–Crippen MR) is 141 cm³/mol. The minimum atomic E-state index is -3.92. The minimum absolute atomic E-state index is 0.170. The van der Waals surface area contributed by atoms with E-state index in [-0.39, 0.29) is 24.1 Å². The van der Waals surface area contributed by atoms with Gasteiger partial charge in [0.15, 0.2) is 0 Å². The van der Waals surface area contributed by atoms with E-state index in [9.17, 15) is 13.5 Å². The summed E-state index contributed by atoms with van der Waals surface area (Å²) in [4.78, 5) is 2.23. The van der Waals surface area contributed by atoms with Crippen LogP contribution >= 0.6 is 0 Å². The van der Waals surface area contributed by atoms with E-state index in [1.54, 1.807) is 23.5 Å². The molecule has 0 fully saturated rings. The van der Waals surface area contributed by atoms with E-state index in [0.29, 0.717) is 23.5 Å². The SMILES string of the molecule is CCCCC1CN(c2ccccc2)c2cc(OC)c(CO)cc2S(=O)(=O)N1Cc1ccc(OC)cc1. The number of aliphatic hydroxyl groups is 1. The Labute approximate surface area is 213 Å². The van der Waals surface area contributed by atoms with Gasteiger partial charge in [-0.3, -0.25) is 0 Å². The first-order valence-electron chi connectivity index (χ1n) is 12.2. The first-order valence-corrected chi connectivity index (χ1v) is 13.7. The number of para-hydroxylation sites is 1. The van der Waals surface area contributed by atoms with Crippen LogP contribution in [0, 0.1) is 0 Å². The van der Waals surface area contributed by atoms with Crippen molar-refractivity contribution in [3.63, 3.8) is 0 Å². The van der Waals surface area contributed by atoms with Crippen LogP contribution in [0.25, 0.3) is 0 Å². The Morgan fingerprint density at radius 1 is 1.00 bits per heavy atom. The standard InChI is InChI=1S/C28H34N2O5S/c1-4-5-9-24-19-29(23-10-7-6-8-11-23)26-17-27(35-3)22(20-31)16-28(26)36(32,33)30(24)18-21-12-14-25(34-2)15-13-21/h6-8,10-17,24,31H,4-5,9,18-20H2,1-3H3. The number of ether oxygens (including phenoxy) is 2. The van der Waals surface area contributed by atoms with Crippen LogP contribution in [0.1, 0.15) is 37.3 Å². The zero-order chi connectivity index (χ0) is 25.7. The number of hydrogen-bond donors (Lipinski definition) is 1. The molecule has 0 aliphatic carbocycles. The quantitative estimate of drug-likeness (QED) is 0.432. The molecular weight excluding hydrogens is 476 g/mol. The number of sulfonamides is 1. The maximum atomic E-state index is 14.3. The maximum absolute atomic E-state index is 14.3. The summed E-state index contributed by atoms with van der Waals surface area (Å²) in [5, 5.41) is 9.98. The molecule has 0 bridgehead atoms. The number of methoxy groups -OCH3 is 2. The molecule has 7 nitrogen and oxygen atoms in total. The molecule has 0 radical (unpaired) electrons. The average molecular weight is 511 g/mol. The van der Waals surface area contributed by atoms with Crippen molar-refractivity contribution in [2.45, 2.75) is 50.3 Å². The zero-order valence-corrected chi connectivity index (χ0v) is 21.9. The molecule has 4 rings (SSSR count). The molecule has 3 aromatic carbocycles. The summed E-state index contributed by atoms with van der Waals surface area (Å²) in [5.74, 6) is 1.18. The van der Waals surface area contributed by atoms with Gasteiger partial charge in [0, 0.05) is 36.4 Å². The summed E-state index contributed by atoms with van der Waals surface area (Å²) < 4.78 is 41.1. The third-order valence-corrected chi connectivity index (χ3v) is 8.59. The van der Waals surface area contributed by atoms with Crippen LogP contribution in [0.3, 0.4) is 0 Å². The van der Waals surface area contributed by atoms with Crippen LogP contribution in [0.2, 0.25) is 0 Å². The van der Waals surface area contributed by atoms with Crippen LogP contribution in [-0.4, -0.2) is 44.6 Å². The number of anilines is 2. The van der Waals surface area contributed by atoms with Crippen LogP contribution in [-0.2, 0) is 23.2 Å². The Morgan fingerprint density at radius 3 is 2.33 bits per heavy atom. The molecule has 0 saturated heterocycles. The lowest BCUT2D eigenvalue weighted by Crippen LogP contribution is -2.43. The molecule has 0 amide bonds. The van der Waals surface area contributed by atoms with E-state index >= 15 is 0 Å². The summed E-state index contributed by atoms with van der Waals surface area (Å²) in [6, 6.07) is 20.3. The molecule has 1 atom stereocenters. The van der Waals surface area contributed by atoms with Gasteiger partial charge in [-0.25, -0.2) is 8.42 Å². The first-order chi connectivity index (χ1) is 17.4. The highest BCUT2D eigenvalue weighted by Gasteiger charge is 2.39. The van der Waals surface area contributed by atoms with Gasteiger partial charge in [-0.15, -0.1) is 0 Å². The summed E-state index contributed by atoms with van der Waals surface area (Å²) in [7, 11) is -0.782. The van der Waals surface area contributed by atoms with Crippen molar-refractivity contribution in [1.82, 2.24) is 4.31 Å². The van der Waals surface area contributed by atoms with Crippen molar-refractivity contribution in [2.75, 3.05) is 25.7 Å². The van der Waals surface area contributed by atoms with Crippen LogP contribution in [0.5, 0.6) is 11.5 Å².